The lowest BCUT2D eigenvalue weighted by Gasteiger charge is -2.13. The number of ether oxygens (including phenoxy) is 1. The fourth-order valence-corrected chi connectivity index (χ4v) is 3.54. The zero-order chi connectivity index (χ0) is 17.3. The van der Waals surface area contributed by atoms with Gasteiger partial charge >= 0.3 is 0 Å². The van der Waals surface area contributed by atoms with Crippen LogP contribution in [0.25, 0.3) is 10.2 Å². The summed E-state index contributed by atoms with van der Waals surface area (Å²) in [5.41, 5.74) is 5.29. The predicted octanol–water partition coefficient (Wildman–Crippen LogP) is 4.55. The highest BCUT2D eigenvalue weighted by Gasteiger charge is 2.12. The molecule has 0 fully saturated rings. The maximum absolute atomic E-state index is 12.2. The van der Waals surface area contributed by atoms with Crippen LogP contribution >= 0.6 is 11.3 Å². The molecule has 4 nitrogen and oxygen atoms in total. The van der Waals surface area contributed by atoms with Crippen LogP contribution in [0.1, 0.15) is 22.3 Å². The maximum atomic E-state index is 12.2. The second-order valence-electron chi connectivity index (χ2n) is 5.93. The molecule has 0 atom stereocenters. The van der Waals surface area contributed by atoms with Crippen molar-refractivity contribution in [1.82, 2.24) is 4.98 Å². The number of thiazole rings is 1. The van der Waals surface area contributed by atoms with Gasteiger partial charge in [-0.3, -0.25) is 10.1 Å². The fourth-order valence-electron chi connectivity index (χ4n) is 2.58. The van der Waals surface area contributed by atoms with Gasteiger partial charge in [0.25, 0.3) is 5.91 Å². The van der Waals surface area contributed by atoms with E-state index in [4.69, 9.17) is 4.74 Å². The largest absolute Gasteiger partial charge is 0.483 e. The number of aromatic nitrogens is 1. The molecule has 0 aliphatic rings. The molecule has 1 amide bonds. The van der Waals surface area contributed by atoms with Crippen molar-refractivity contribution >= 4 is 32.6 Å². The lowest BCUT2D eigenvalue weighted by atomic mass is 10.1. The third-order valence-corrected chi connectivity index (χ3v) is 5.02. The van der Waals surface area contributed by atoms with Gasteiger partial charge in [0.05, 0.1) is 10.2 Å². The number of benzene rings is 2. The number of anilines is 1. The summed E-state index contributed by atoms with van der Waals surface area (Å²) in [4.78, 5) is 16.7. The SMILES string of the molecule is Cc1ccc(C)c(OCC(=O)Nc2nc3c(C)cccc3s2)c1C. The molecule has 3 rings (SSSR count). The maximum Gasteiger partial charge on any atom is 0.264 e. The summed E-state index contributed by atoms with van der Waals surface area (Å²) < 4.78 is 6.81. The summed E-state index contributed by atoms with van der Waals surface area (Å²) in [5, 5.41) is 3.43. The molecule has 1 aromatic heterocycles. The summed E-state index contributed by atoms with van der Waals surface area (Å²) in [7, 11) is 0. The Hall–Kier alpha value is -2.40. The molecule has 1 heterocycles. The molecule has 0 radical (unpaired) electrons. The summed E-state index contributed by atoms with van der Waals surface area (Å²) in [6.45, 7) is 8.01. The van der Waals surface area contributed by atoms with E-state index in [2.05, 4.69) is 16.4 Å². The van der Waals surface area contributed by atoms with Crippen LogP contribution in [0.2, 0.25) is 0 Å². The van der Waals surface area contributed by atoms with E-state index in [1.165, 1.54) is 11.3 Å². The average molecular weight is 340 g/mol. The zero-order valence-electron chi connectivity index (χ0n) is 14.3. The van der Waals surface area contributed by atoms with E-state index in [-0.39, 0.29) is 12.5 Å². The first-order valence-electron chi connectivity index (χ1n) is 7.81. The number of amides is 1. The van der Waals surface area contributed by atoms with E-state index in [9.17, 15) is 4.79 Å². The summed E-state index contributed by atoms with van der Waals surface area (Å²) in [6.07, 6.45) is 0. The van der Waals surface area contributed by atoms with Crippen molar-refractivity contribution in [1.29, 1.82) is 0 Å². The lowest BCUT2D eigenvalue weighted by Crippen LogP contribution is -2.20. The number of aryl methyl sites for hydroxylation is 3. The lowest BCUT2D eigenvalue weighted by molar-refractivity contribution is -0.118. The van der Waals surface area contributed by atoms with Crippen molar-refractivity contribution in [3.63, 3.8) is 0 Å². The van der Waals surface area contributed by atoms with Gasteiger partial charge in [-0.05, 0) is 56.0 Å². The van der Waals surface area contributed by atoms with E-state index in [1.807, 2.05) is 52.0 Å². The third kappa shape index (κ3) is 3.26. The standard InChI is InChI=1S/C19H20N2O2S/c1-11-8-9-13(3)18(14(11)4)23-10-16(22)20-19-21-17-12(2)6-5-7-15(17)24-19/h5-9H,10H2,1-4H3,(H,20,21,22). The van der Waals surface area contributed by atoms with Gasteiger partial charge in [-0.2, -0.15) is 0 Å². The van der Waals surface area contributed by atoms with Crippen molar-refractivity contribution in [2.24, 2.45) is 0 Å². The molecular formula is C19H20N2O2S. The Bertz CT molecular complexity index is 915. The molecule has 5 heteroatoms. The zero-order valence-corrected chi connectivity index (χ0v) is 15.1. The molecule has 24 heavy (non-hydrogen) atoms. The normalized spacial score (nSPS) is 10.8. The summed E-state index contributed by atoms with van der Waals surface area (Å²) >= 11 is 1.47. The van der Waals surface area contributed by atoms with Crippen molar-refractivity contribution in [2.75, 3.05) is 11.9 Å². The van der Waals surface area contributed by atoms with Crippen LogP contribution in [0, 0.1) is 27.7 Å². The van der Waals surface area contributed by atoms with Crippen molar-refractivity contribution in [3.05, 3.63) is 52.6 Å². The number of nitrogens with zero attached hydrogens (tertiary/aromatic N) is 1. The van der Waals surface area contributed by atoms with Gasteiger partial charge in [-0.15, -0.1) is 0 Å². The number of nitrogens with one attached hydrogen (secondary N) is 1. The molecule has 0 saturated heterocycles. The third-order valence-electron chi connectivity index (χ3n) is 4.09. The number of carbonyl (C=O) groups excluding carboxylic acids is 1. The Morgan fingerprint density at radius 2 is 1.83 bits per heavy atom. The van der Waals surface area contributed by atoms with Gasteiger partial charge in [0, 0.05) is 0 Å². The average Bonchev–Trinajstić information content (AvgIpc) is 2.95. The van der Waals surface area contributed by atoms with Gasteiger partial charge in [0.1, 0.15) is 5.75 Å². The minimum atomic E-state index is -0.202. The van der Waals surface area contributed by atoms with Crippen LogP contribution in [-0.4, -0.2) is 17.5 Å². The summed E-state index contributed by atoms with van der Waals surface area (Å²) in [6, 6.07) is 10.1. The number of fused-ring (bicyclic) bond motifs is 1. The fraction of sp³-hybridized carbons (Fsp3) is 0.263. The van der Waals surface area contributed by atoms with Crippen molar-refractivity contribution in [2.45, 2.75) is 27.7 Å². The molecule has 0 aliphatic heterocycles. The molecule has 0 unspecified atom stereocenters. The Kier molecular flexibility index (Phi) is 4.53. The molecule has 0 saturated carbocycles. The first-order chi connectivity index (χ1) is 11.5. The number of para-hydroxylation sites is 1. The number of hydrogen-bond acceptors (Lipinski definition) is 4. The predicted molar refractivity (Wildman–Crippen MR) is 99.1 cm³/mol. The molecular weight excluding hydrogens is 320 g/mol. The van der Waals surface area contributed by atoms with Gasteiger partial charge < -0.3 is 4.74 Å². The molecule has 0 aliphatic carbocycles. The van der Waals surface area contributed by atoms with E-state index < -0.39 is 0 Å². The monoisotopic (exact) mass is 340 g/mol. The van der Waals surface area contributed by atoms with E-state index in [1.54, 1.807) is 0 Å². The van der Waals surface area contributed by atoms with Gasteiger partial charge in [0.2, 0.25) is 0 Å². The Morgan fingerprint density at radius 3 is 2.58 bits per heavy atom. The van der Waals surface area contributed by atoms with Crippen LogP contribution in [0.3, 0.4) is 0 Å². The number of carbonyl (C=O) groups is 1. The summed E-state index contributed by atoms with van der Waals surface area (Å²) in [5.74, 6) is 0.581. The first kappa shape index (κ1) is 16.5. The van der Waals surface area contributed by atoms with Gasteiger partial charge in [-0.1, -0.05) is 35.6 Å². The first-order valence-corrected chi connectivity index (χ1v) is 8.63. The molecule has 124 valence electrons. The highest BCUT2D eigenvalue weighted by atomic mass is 32.1. The van der Waals surface area contributed by atoms with Crippen LogP contribution < -0.4 is 10.1 Å². The Labute approximate surface area is 145 Å². The molecule has 3 aromatic rings. The molecule has 0 bridgehead atoms. The van der Waals surface area contributed by atoms with Gasteiger partial charge in [0.15, 0.2) is 11.7 Å². The van der Waals surface area contributed by atoms with Crippen molar-refractivity contribution < 1.29 is 9.53 Å². The van der Waals surface area contributed by atoms with Crippen LogP contribution in [-0.2, 0) is 4.79 Å². The minimum Gasteiger partial charge on any atom is -0.483 e. The second-order valence-corrected chi connectivity index (χ2v) is 6.96. The van der Waals surface area contributed by atoms with E-state index >= 15 is 0 Å². The quantitative estimate of drug-likeness (QED) is 0.758. The molecule has 2 aromatic carbocycles. The highest BCUT2D eigenvalue weighted by molar-refractivity contribution is 7.22. The van der Waals surface area contributed by atoms with Crippen LogP contribution in [0.15, 0.2) is 30.3 Å². The Morgan fingerprint density at radius 1 is 1.08 bits per heavy atom. The molecule has 1 N–H and O–H groups in total. The van der Waals surface area contributed by atoms with Crippen LogP contribution in [0.5, 0.6) is 5.75 Å². The Balaban J connectivity index is 1.69. The van der Waals surface area contributed by atoms with Crippen molar-refractivity contribution in [3.8, 4) is 5.75 Å². The van der Waals surface area contributed by atoms with E-state index in [0.29, 0.717) is 5.13 Å². The highest BCUT2D eigenvalue weighted by Crippen LogP contribution is 2.28. The molecule has 0 spiro atoms. The number of rotatable bonds is 4. The minimum absolute atomic E-state index is 0.0277. The smallest absolute Gasteiger partial charge is 0.264 e. The topological polar surface area (TPSA) is 51.2 Å². The van der Waals surface area contributed by atoms with Gasteiger partial charge in [-0.25, -0.2) is 4.98 Å². The van der Waals surface area contributed by atoms with E-state index in [0.717, 1.165) is 38.2 Å². The number of hydrogen-bond donors (Lipinski definition) is 1. The van der Waals surface area contributed by atoms with Crippen LogP contribution in [0.4, 0.5) is 5.13 Å². The second kappa shape index (κ2) is 6.61.